The predicted octanol–water partition coefficient (Wildman–Crippen LogP) is 3.49. The summed E-state index contributed by atoms with van der Waals surface area (Å²) in [5.74, 6) is -0.185. The number of carbonyl (C=O) groups is 1. The van der Waals surface area contributed by atoms with Crippen molar-refractivity contribution in [3.8, 4) is 0 Å². The van der Waals surface area contributed by atoms with Gasteiger partial charge in [-0.1, -0.05) is 50.3 Å². The molecule has 0 aliphatic heterocycles. The lowest BCUT2D eigenvalue weighted by atomic mass is 10.2. The Morgan fingerprint density at radius 2 is 2.11 bits per heavy atom. The van der Waals surface area contributed by atoms with Gasteiger partial charge in [-0.25, -0.2) is 0 Å². The van der Waals surface area contributed by atoms with E-state index < -0.39 is 0 Å². The Kier molecular flexibility index (Phi) is 7.59. The molecule has 0 N–H and O–H groups in total. The summed E-state index contributed by atoms with van der Waals surface area (Å²) >= 11 is 0. The molecule has 0 fully saturated rings. The minimum atomic E-state index is -0.368. The van der Waals surface area contributed by atoms with Crippen molar-refractivity contribution in [2.24, 2.45) is 0 Å². The van der Waals surface area contributed by atoms with E-state index in [9.17, 15) is 4.79 Å². The van der Waals surface area contributed by atoms with Crippen molar-refractivity contribution in [2.75, 3.05) is 6.61 Å². The molecule has 3 heteroatoms. The minimum Gasteiger partial charge on any atom is -0.456 e. The zero-order valence-electron chi connectivity index (χ0n) is 11.5. The molecule has 0 radical (unpaired) electrons. The van der Waals surface area contributed by atoms with E-state index in [-0.39, 0.29) is 12.1 Å². The van der Waals surface area contributed by atoms with Crippen molar-refractivity contribution in [3.63, 3.8) is 0 Å². The van der Waals surface area contributed by atoms with Crippen molar-refractivity contribution < 1.29 is 14.3 Å². The van der Waals surface area contributed by atoms with Gasteiger partial charge in [0.1, 0.15) is 6.10 Å². The van der Waals surface area contributed by atoms with Crippen molar-refractivity contribution in [3.05, 3.63) is 48.6 Å². The van der Waals surface area contributed by atoms with Crippen LogP contribution in [0.4, 0.5) is 0 Å². The van der Waals surface area contributed by atoms with Gasteiger partial charge in [0, 0.05) is 6.42 Å². The van der Waals surface area contributed by atoms with Crippen LogP contribution in [0.15, 0.2) is 43.0 Å². The van der Waals surface area contributed by atoms with Gasteiger partial charge in [0.2, 0.25) is 0 Å². The standard InChI is InChI=1S/C16H22O3/c1-3-5-11-16(17)19-15(4-2)13-18-12-14-9-7-6-8-10-14/h4,6-10,15H,2-3,5,11-13H2,1H3/t15-/m1/s1. The van der Waals surface area contributed by atoms with E-state index in [1.807, 2.05) is 37.3 Å². The number of ether oxygens (including phenoxy) is 2. The van der Waals surface area contributed by atoms with Crippen LogP contribution in [-0.2, 0) is 20.9 Å². The van der Waals surface area contributed by atoms with Crippen LogP contribution >= 0.6 is 0 Å². The minimum absolute atomic E-state index is 0.185. The summed E-state index contributed by atoms with van der Waals surface area (Å²) in [6.45, 7) is 6.56. The van der Waals surface area contributed by atoms with Crippen LogP contribution in [0, 0.1) is 0 Å². The molecule has 104 valence electrons. The average molecular weight is 262 g/mol. The monoisotopic (exact) mass is 262 g/mol. The van der Waals surface area contributed by atoms with Crippen molar-refractivity contribution in [1.29, 1.82) is 0 Å². The molecule has 0 saturated carbocycles. The molecule has 0 aliphatic carbocycles. The molecule has 0 heterocycles. The number of carbonyl (C=O) groups excluding carboxylic acids is 1. The summed E-state index contributed by atoms with van der Waals surface area (Å²) in [5, 5.41) is 0. The summed E-state index contributed by atoms with van der Waals surface area (Å²) in [6, 6.07) is 9.89. The highest BCUT2D eigenvalue weighted by atomic mass is 16.6. The molecule has 0 saturated heterocycles. The zero-order valence-corrected chi connectivity index (χ0v) is 11.5. The number of esters is 1. The van der Waals surface area contributed by atoms with Crippen LogP contribution in [0.1, 0.15) is 31.7 Å². The van der Waals surface area contributed by atoms with E-state index in [0.29, 0.717) is 19.6 Å². The van der Waals surface area contributed by atoms with Crippen LogP contribution in [0.25, 0.3) is 0 Å². The van der Waals surface area contributed by atoms with Gasteiger partial charge in [0.25, 0.3) is 0 Å². The second kappa shape index (κ2) is 9.34. The highest BCUT2D eigenvalue weighted by molar-refractivity contribution is 5.69. The first-order valence-electron chi connectivity index (χ1n) is 6.70. The highest BCUT2D eigenvalue weighted by Gasteiger charge is 2.10. The van der Waals surface area contributed by atoms with E-state index in [2.05, 4.69) is 6.58 Å². The summed E-state index contributed by atoms with van der Waals surface area (Å²) in [5.41, 5.74) is 1.10. The summed E-state index contributed by atoms with van der Waals surface area (Å²) in [6.07, 6.45) is 3.54. The Labute approximate surface area is 115 Å². The lowest BCUT2D eigenvalue weighted by molar-refractivity contribution is -0.149. The molecule has 1 atom stereocenters. The zero-order chi connectivity index (χ0) is 13.9. The van der Waals surface area contributed by atoms with Gasteiger partial charge in [0.05, 0.1) is 13.2 Å². The first-order chi connectivity index (χ1) is 9.26. The van der Waals surface area contributed by atoms with Crippen LogP contribution < -0.4 is 0 Å². The Bertz CT molecular complexity index is 373. The predicted molar refractivity (Wildman–Crippen MR) is 75.7 cm³/mol. The molecular weight excluding hydrogens is 240 g/mol. The van der Waals surface area contributed by atoms with Crippen LogP contribution in [0.2, 0.25) is 0 Å². The molecule has 0 aliphatic rings. The maximum atomic E-state index is 11.5. The average Bonchev–Trinajstić information content (AvgIpc) is 2.45. The third-order valence-electron chi connectivity index (χ3n) is 2.67. The molecule has 0 bridgehead atoms. The number of hydrogen-bond acceptors (Lipinski definition) is 3. The topological polar surface area (TPSA) is 35.5 Å². The summed E-state index contributed by atoms with van der Waals surface area (Å²) in [4.78, 5) is 11.5. The van der Waals surface area contributed by atoms with Gasteiger partial charge in [0.15, 0.2) is 0 Å². The Morgan fingerprint density at radius 3 is 2.74 bits per heavy atom. The number of unbranched alkanes of at least 4 members (excludes halogenated alkanes) is 1. The first-order valence-corrected chi connectivity index (χ1v) is 6.70. The van der Waals surface area contributed by atoms with Crippen LogP contribution in [-0.4, -0.2) is 18.7 Å². The van der Waals surface area contributed by atoms with Gasteiger partial charge < -0.3 is 9.47 Å². The van der Waals surface area contributed by atoms with E-state index in [4.69, 9.17) is 9.47 Å². The van der Waals surface area contributed by atoms with Gasteiger partial charge >= 0.3 is 5.97 Å². The van der Waals surface area contributed by atoms with Gasteiger partial charge in [-0.15, -0.1) is 0 Å². The van der Waals surface area contributed by atoms with Crippen molar-refractivity contribution in [1.82, 2.24) is 0 Å². The van der Waals surface area contributed by atoms with Crippen LogP contribution in [0.5, 0.6) is 0 Å². The molecule has 3 nitrogen and oxygen atoms in total. The normalized spacial score (nSPS) is 11.8. The molecule has 0 spiro atoms. The van der Waals surface area contributed by atoms with Gasteiger partial charge in [-0.3, -0.25) is 4.79 Å². The third kappa shape index (κ3) is 6.77. The van der Waals surface area contributed by atoms with Gasteiger partial charge in [-0.2, -0.15) is 0 Å². The molecular formula is C16H22O3. The Balaban J connectivity index is 2.25. The largest absolute Gasteiger partial charge is 0.456 e. The lowest BCUT2D eigenvalue weighted by Crippen LogP contribution is -2.21. The second-order valence-corrected chi connectivity index (χ2v) is 4.37. The molecule has 19 heavy (non-hydrogen) atoms. The first kappa shape index (κ1) is 15.4. The number of hydrogen-bond donors (Lipinski definition) is 0. The van der Waals surface area contributed by atoms with Crippen LogP contribution in [0.3, 0.4) is 0 Å². The molecule has 0 aromatic heterocycles. The fraction of sp³-hybridized carbons (Fsp3) is 0.438. The number of benzene rings is 1. The SMILES string of the molecule is C=C[C@H](COCc1ccccc1)OC(=O)CCCC. The Hall–Kier alpha value is -1.61. The summed E-state index contributed by atoms with van der Waals surface area (Å²) in [7, 11) is 0. The van der Waals surface area contributed by atoms with E-state index >= 15 is 0 Å². The molecule has 0 unspecified atom stereocenters. The van der Waals surface area contributed by atoms with E-state index in [1.165, 1.54) is 0 Å². The summed E-state index contributed by atoms with van der Waals surface area (Å²) < 4.78 is 10.8. The molecule has 1 rings (SSSR count). The highest BCUT2D eigenvalue weighted by Crippen LogP contribution is 2.05. The molecule has 1 aromatic carbocycles. The maximum absolute atomic E-state index is 11.5. The van der Waals surface area contributed by atoms with Crippen molar-refractivity contribution in [2.45, 2.75) is 38.9 Å². The number of rotatable bonds is 9. The fourth-order valence-corrected chi connectivity index (χ4v) is 1.57. The maximum Gasteiger partial charge on any atom is 0.306 e. The quantitative estimate of drug-likeness (QED) is 0.505. The van der Waals surface area contributed by atoms with Crippen molar-refractivity contribution >= 4 is 5.97 Å². The lowest BCUT2D eigenvalue weighted by Gasteiger charge is -2.14. The van der Waals surface area contributed by atoms with Gasteiger partial charge in [-0.05, 0) is 18.1 Å². The Morgan fingerprint density at radius 1 is 1.37 bits per heavy atom. The molecule has 1 aromatic rings. The molecule has 0 amide bonds. The third-order valence-corrected chi connectivity index (χ3v) is 2.67. The fourth-order valence-electron chi connectivity index (χ4n) is 1.57. The second-order valence-electron chi connectivity index (χ2n) is 4.37. The van der Waals surface area contributed by atoms with E-state index in [1.54, 1.807) is 6.08 Å². The van der Waals surface area contributed by atoms with E-state index in [0.717, 1.165) is 18.4 Å². The smallest absolute Gasteiger partial charge is 0.306 e.